The zero-order valence-corrected chi connectivity index (χ0v) is 12.3. The van der Waals surface area contributed by atoms with Gasteiger partial charge >= 0.3 is 12.1 Å². The van der Waals surface area contributed by atoms with Gasteiger partial charge in [-0.2, -0.15) is 0 Å². The van der Waals surface area contributed by atoms with Crippen molar-refractivity contribution in [2.45, 2.75) is 46.1 Å². The van der Waals surface area contributed by atoms with E-state index in [4.69, 9.17) is 14.6 Å². The molecule has 0 aliphatic heterocycles. The molecule has 0 aromatic carbocycles. The Bertz CT molecular complexity index is 285. The van der Waals surface area contributed by atoms with Crippen molar-refractivity contribution in [1.82, 2.24) is 4.90 Å². The van der Waals surface area contributed by atoms with E-state index in [1.807, 2.05) is 6.92 Å². The average Bonchev–Trinajstić information content (AvgIpc) is 2.25. The van der Waals surface area contributed by atoms with Crippen molar-refractivity contribution in [3.8, 4) is 0 Å². The van der Waals surface area contributed by atoms with Gasteiger partial charge in [0.2, 0.25) is 0 Å². The molecule has 0 saturated carbocycles. The molecule has 0 unspecified atom stereocenters. The minimum absolute atomic E-state index is 0.0894. The zero-order valence-electron chi connectivity index (χ0n) is 12.3. The first-order valence-electron chi connectivity index (χ1n) is 6.53. The van der Waals surface area contributed by atoms with Gasteiger partial charge in [0.25, 0.3) is 0 Å². The summed E-state index contributed by atoms with van der Waals surface area (Å²) in [5.74, 6) is -0.932. The Morgan fingerprint density at radius 2 is 1.84 bits per heavy atom. The molecule has 0 aliphatic carbocycles. The van der Waals surface area contributed by atoms with Crippen LogP contribution in [0.2, 0.25) is 0 Å². The van der Waals surface area contributed by atoms with E-state index in [0.717, 1.165) is 0 Å². The molecule has 6 heteroatoms. The van der Waals surface area contributed by atoms with Crippen LogP contribution in [-0.4, -0.2) is 54.0 Å². The first-order chi connectivity index (χ1) is 8.76. The lowest BCUT2D eigenvalue weighted by Crippen LogP contribution is -2.39. The molecule has 0 aliphatic rings. The van der Waals surface area contributed by atoms with Crippen LogP contribution in [0.3, 0.4) is 0 Å². The molecule has 0 aromatic rings. The lowest BCUT2D eigenvalue weighted by Gasteiger charge is -2.27. The van der Waals surface area contributed by atoms with Gasteiger partial charge in [0.05, 0.1) is 6.42 Å². The molecule has 1 N–H and O–H groups in total. The Hall–Kier alpha value is -1.30. The molecule has 0 aromatic heterocycles. The number of nitrogens with zero attached hydrogens (tertiary/aromatic N) is 1. The minimum Gasteiger partial charge on any atom is -0.481 e. The predicted octanol–water partition coefficient (Wildman–Crippen LogP) is 2.12. The largest absolute Gasteiger partial charge is 0.481 e. The number of aliphatic carboxylic acids is 1. The van der Waals surface area contributed by atoms with Crippen molar-refractivity contribution in [3.05, 3.63) is 0 Å². The molecule has 0 bridgehead atoms. The molecule has 19 heavy (non-hydrogen) atoms. The average molecular weight is 275 g/mol. The Labute approximate surface area is 114 Å². The van der Waals surface area contributed by atoms with Crippen molar-refractivity contribution in [3.63, 3.8) is 0 Å². The molecular formula is C13H25NO5. The number of carbonyl (C=O) groups is 2. The second kappa shape index (κ2) is 8.74. The van der Waals surface area contributed by atoms with Crippen LogP contribution < -0.4 is 0 Å². The summed E-state index contributed by atoms with van der Waals surface area (Å²) >= 11 is 0. The summed E-state index contributed by atoms with van der Waals surface area (Å²) in [6.07, 6.45) is 0.0888. The molecule has 6 nitrogen and oxygen atoms in total. The summed E-state index contributed by atoms with van der Waals surface area (Å²) in [6, 6.07) is 0. The number of amides is 1. The maximum atomic E-state index is 11.9. The minimum atomic E-state index is -0.932. The van der Waals surface area contributed by atoms with Crippen LogP contribution in [0.4, 0.5) is 4.79 Å². The van der Waals surface area contributed by atoms with Gasteiger partial charge in [-0.15, -0.1) is 0 Å². The van der Waals surface area contributed by atoms with Gasteiger partial charge in [-0.25, -0.2) is 4.79 Å². The Morgan fingerprint density at radius 3 is 2.32 bits per heavy atom. The highest BCUT2D eigenvalue weighted by Gasteiger charge is 2.22. The summed E-state index contributed by atoms with van der Waals surface area (Å²) in [7, 11) is 0. The molecule has 0 fully saturated rings. The van der Waals surface area contributed by atoms with Gasteiger partial charge in [-0.1, -0.05) is 0 Å². The Balaban J connectivity index is 4.30. The standard InChI is InChI=1S/C13H25NO5/c1-5-18-10-6-8-14(9-7-11(15)16)12(17)19-13(2,3)4/h5-10H2,1-4H3,(H,15,16). The van der Waals surface area contributed by atoms with E-state index >= 15 is 0 Å². The van der Waals surface area contributed by atoms with E-state index in [1.54, 1.807) is 20.8 Å². The third-order valence-corrected chi connectivity index (χ3v) is 2.17. The monoisotopic (exact) mass is 275 g/mol. The van der Waals surface area contributed by atoms with Crippen LogP contribution in [0, 0.1) is 0 Å². The van der Waals surface area contributed by atoms with Crippen LogP contribution in [0.5, 0.6) is 0 Å². The molecule has 0 radical (unpaired) electrons. The van der Waals surface area contributed by atoms with Gasteiger partial charge in [0, 0.05) is 26.3 Å². The van der Waals surface area contributed by atoms with E-state index in [1.165, 1.54) is 4.90 Å². The van der Waals surface area contributed by atoms with E-state index in [-0.39, 0.29) is 13.0 Å². The first-order valence-corrected chi connectivity index (χ1v) is 6.53. The van der Waals surface area contributed by atoms with Crippen LogP contribution in [0.15, 0.2) is 0 Å². The zero-order chi connectivity index (χ0) is 14.9. The van der Waals surface area contributed by atoms with E-state index in [2.05, 4.69) is 0 Å². The first kappa shape index (κ1) is 17.7. The number of hydrogen-bond acceptors (Lipinski definition) is 4. The molecule has 0 heterocycles. The van der Waals surface area contributed by atoms with Crippen molar-refractivity contribution >= 4 is 12.1 Å². The summed E-state index contributed by atoms with van der Waals surface area (Å²) in [6.45, 7) is 8.99. The number of rotatable bonds is 8. The van der Waals surface area contributed by atoms with Crippen molar-refractivity contribution in [2.75, 3.05) is 26.3 Å². The van der Waals surface area contributed by atoms with E-state index in [0.29, 0.717) is 26.2 Å². The Morgan fingerprint density at radius 1 is 1.21 bits per heavy atom. The second-order valence-electron chi connectivity index (χ2n) is 5.16. The third-order valence-electron chi connectivity index (χ3n) is 2.17. The maximum absolute atomic E-state index is 11.9. The lowest BCUT2D eigenvalue weighted by atomic mass is 10.2. The van der Waals surface area contributed by atoms with Gasteiger partial charge in [-0.05, 0) is 34.1 Å². The number of carbonyl (C=O) groups excluding carboxylic acids is 1. The molecule has 0 atom stereocenters. The topological polar surface area (TPSA) is 76.1 Å². The summed E-state index contributed by atoms with van der Waals surface area (Å²) in [5, 5.41) is 8.68. The molecule has 112 valence electrons. The quantitative estimate of drug-likeness (QED) is 0.687. The summed E-state index contributed by atoms with van der Waals surface area (Å²) < 4.78 is 10.4. The highest BCUT2D eigenvalue weighted by Crippen LogP contribution is 2.10. The molecule has 0 rings (SSSR count). The van der Waals surface area contributed by atoms with E-state index in [9.17, 15) is 9.59 Å². The number of carboxylic acid groups (broad SMARTS) is 1. The fraction of sp³-hybridized carbons (Fsp3) is 0.846. The van der Waals surface area contributed by atoms with Crippen LogP contribution in [-0.2, 0) is 14.3 Å². The fourth-order valence-corrected chi connectivity index (χ4v) is 1.35. The summed E-state index contributed by atoms with van der Waals surface area (Å²) in [4.78, 5) is 23.9. The van der Waals surface area contributed by atoms with Crippen LogP contribution in [0.1, 0.15) is 40.5 Å². The predicted molar refractivity (Wildman–Crippen MR) is 71.2 cm³/mol. The van der Waals surface area contributed by atoms with E-state index < -0.39 is 17.7 Å². The maximum Gasteiger partial charge on any atom is 0.410 e. The van der Waals surface area contributed by atoms with Gasteiger partial charge in [0.1, 0.15) is 5.60 Å². The summed E-state index contributed by atoms with van der Waals surface area (Å²) in [5.41, 5.74) is -0.585. The molecule has 0 spiro atoms. The molecule has 1 amide bonds. The second-order valence-corrected chi connectivity index (χ2v) is 5.16. The highest BCUT2D eigenvalue weighted by atomic mass is 16.6. The van der Waals surface area contributed by atoms with Gasteiger partial charge < -0.3 is 19.5 Å². The van der Waals surface area contributed by atoms with Crippen LogP contribution in [0.25, 0.3) is 0 Å². The fourth-order valence-electron chi connectivity index (χ4n) is 1.35. The van der Waals surface area contributed by atoms with Gasteiger partial charge in [0.15, 0.2) is 0 Å². The normalized spacial score (nSPS) is 11.2. The highest BCUT2D eigenvalue weighted by molar-refractivity contribution is 5.70. The number of ether oxygens (including phenoxy) is 2. The van der Waals surface area contributed by atoms with Gasteiger partial charge in [-0.3, -0.25) is 4.79 Å². The third kappa shape index (κ3) is 10.3. The van der Waals surface area contributed by atoms with Crippen molar-refractivity contribution in [2.24, 2.45) is 0 Å². The van der Waals surface area contributed by atoms with Crippen LogP contribution >= 0.6 is 0 Å². The SMILES string of the molecule is CCOCCCN(CCC(=O)O)C(=O)OC(C)(C)C. The molecular weight excluding hydrogens is 250 g/mol. The van der Waals surface area contributed by atoms with Crippen molar-refractivity contribution in [1.29, 1.82) is 0 Å². The van der Waals surface area contributed by atoms with Crippen molar-refractivity contribution < 1.29 is 24.2 Å². The Kier molecular flexibility index (Phi) is 8.14. The molecule has 0 saturated heterocycles. The number of carboxylic acids is 1. The lowest BCUT2D eigenvalue weighted by molar-refractivity contribution is -0.137. The number of hydrogen-bond donors (Lipinski definition) is 1. The smallest absolute Gasteiger partial charge is 0.410 e.